The van der Waals surface area contributed by atoms with Gasteiger partial charge in [0.25, 0.3) is 9.05 Å². The van der Waals surface area contributed by atoms with E-state index in [4.69, 9.17) is 20.2 Å². The van der Waals surface area contributed by atoms with E-state index in [2.05, 4.69) is 0 Å². The Morgan fingerprint density at radius 3 is 2.50 bits per heavy atom. The highest BCUT2D eigenvalue weighted by atomic mass is 35.7. The fourth-order valence-electron chi connectivity index (χ4n) is 2.21. The molecule has 2 atom stereocenters. The Morgan fingerprint density at radius 2 is 2.00 bits per heavy atom. The molecular formula is C12H15ClO5S2. The van der Waals surface area contributed by atoms with Crippen LogP contribution in [0.3, 0.4) is 0 Å². The van der Waals surface area contributed by atoms with Crippen LogP contribution in [0.2, 0.25) is 0 Å². The SMILES string of the molecule is CC1CC(OC(=O)c2csc(S(=O)(=O)Cl)c2)CC(C)O1. The highest BCUT2D eigenvalue weighted by Crippen LogP contribution is 2.26. The Kier molecular flexibility index (Phi) is 4.73. The molecule has 2 unspecified atom stereocenters. The third-order valence-corrected chi connectivity index (χ3v) is 6.02. The second-order valence-electron chi connectivity index (χ2n) is 4.85. The summed E-state index contributed by atoms with van der Waals surface area (Å²) >= 11 is 0.903. The van der Waals surface area contributed by atoms with Crippen LogP contribution in [0, 0.1) is 0 Å². The predicted molar refractivity (Wildman–Crippen MR) is 75.8 cm³/mol. The fourth-order valence-corrected chi connectivity index (χ4v) is 4.15. The molecule has 1 aliphatic heterocycles. The maximum absolute atomic E-state index is 12.0. The molecule has 0 bridgehead atoms. The van der Waals surface area contributed by atoms with Crippen molar-refractivity contribution in [2.45, 2.75) is 49.2 Å². The van der Waals surface area contributed by atoms with Crippen molar-refractivity contribution in [3.63, 3.8) is 0 Å². The zero-order chi connectivity index (χ0) is 14.9. The van der Waals surface area contributed by atoms with Crippen LogP contribution in [0.1, 0.15) is 37.0 Å². The van der Waals surface area contributed by atoms with Gasteiger partial charge in [-0.25, -0.2) is 13.2 Å². The molecule has 112 valence electrons. The van der Waals surface area contributed by atoms with Crippen molar-refractivity contribution < 1.29 is 22.7 Å². The van der Waals surface area contributed by atoms with E-state index >= 15 is 0 Å². The van der Waals surface area contributed by atoms with Crippen LogP contribution in [-0.2, 0) is 18.5 Å². The van der Waals surface area contributed by atoms with Crippen LogP contribution >= 0.6 is 22.0 Å². The van der Waals surface area contributed by atoms with E-state index in [1.165, 1.54) is 11.4 Å². The maximum Gasteiger partial charge on any atom is 0.339 e. The Morgan fingerprint density at radius 1 is 1.40 bits per heavy atom. The summed E-state index contributed by atoms with van der Waals surface area (Å²) < 4.78 is 33.2. The van der Waals surface area contributed by atoms with Gasteiger partial charge in [0, 0.05) is 28.9 Å². The largest absolute Gasteiger partial charge is 0.459 e. The number of hydrogen-bond acceptors (Lipinski definition) is 6. The highest BCUT2D eigenvalue weighted by molar-refractivity contribution is 8.15. The van der Waals surface area contributed by atoms with Gasteiger partial charge in [-0.2, -0.15) is 0 Å². The van der Waals surface area contributed by atoms with E-state index in [1.54, 1.807) is 0 Å². The number of thiophene rings is 1. The van der Waals surface area contributed by atoms with Crippen molar-refractivity contribution in [1.29, 1.82) is 0 Å². The molecule has 1 aliphatic rings. The zero-order valence-electron chi connectivity index (χ0n) is 11.0. The number of ether oxygens (including phenoxy) is 2. The summed E-state index contributed by atoms with van der Waals surface area (Å²) in [7, 11) is 1.42. The molecule has 8 heteroatoms. The summed E-state index contributed by atoms with van der Waals surface area (Å²) in [5.41, 5.74) is 0.209. The number of carbonyl (C=O) groups is 1. The van der Waals surface area contributed by atoms with E-state index in [-0.39, 0.29) is 28.1 Å². The normalized spacial score (nSPS) is 27.2. The molecule has 1 fully saturated rings. The molecule has 1 aromatic heterocycles. The van der Waals surface area contributed by atoms with Gasteiger partial charge >= 0.3 is 5.97 Å². The van der Waals surface area contributed by atoms with Crippen molar-refractivity contribution >= 4 is 37.0 Å². The van der Waals surface area contributed by atoms with Crippen molar-refractivity contribution in [3.8, 4) is 0 Å². The second-order valence-corrected chi connectivity index (χ2v) is 8.55. The molecule has 0 aromatic carbocycles. The molecule has 0 saturated carbocycles. The van der Waals surface area contributed by atoms with Crippen LogP contribution in [0.25, 0.3) is 0 Å². The van der Waals surface area contributed by atoms with Crippen LogP contribution < -0.4 is 0 Å². The molecule has 0 amide bonds. The molecule has 1 saturated heterocycles. The summed E-state index contributed by atoms with van der Waals surface area (Å²) in [6.07, 6.45) is 1.15. The maximum atomic E-state index is 12.0. The van der Waals surface area contributed by atoms with E-state index in [1.807, 2.05) is 13.8 Å². The van der Waals surface area contributed by atoms with E-state index in [0.717, 1.165) is 11.3 Å². The van der Waals surface area contributed by atoms with E-state index < -0.39 is 15.0 Å². The molecule has 0 aliphatic carbocycles. The third kappa shape index (κ3) is 3.94. The first-order valence-corrected chi connectivity index (χ1v) is 9.34. The molecule has 0 radical (unpaired) electrons. The summed E-state index contributed by atoms with van der Waals surface area (Å²) in [4.78, 5) is 12.0. The average Bonchev–Trinajstić information content (AvgIpc) is 2.75. The van der Waals surface area contributed by atoms with Gasteiger partial charge in [-0.05, 0) is 19.9 Å². The summed E-state index contributed by atoms with van der Waals surface area (Å²) in [6.45, 7) is 3.86. The van der Waals surface area contributed by atoms with Crippen molar-refractivity contribution in [2.75, 3.05) is 0 Å². The number of carbonyl (C=O) groups excluding carboxylic acids is 1. The van der Waals surface area contributed by atoms with Crippen LogP contribution in [-0.4, -0.2) is 32.7 Å². The topological polar surface area (TPSA) is 69.7 Å². The Hall–Kier alpha value is -0.630. The van der Waals surface area contributed by atoms with Crippen molar-refractivity contribution in [2.24, 2.45) is 0 Å². The number of halogens is 1. The highest BCUT2D eigenvalue weighted by Gasteiger charge is 2.28. The standard InChI is InChI=1S/C12H15ClO5S2/c1-7-3-10(4-8(2)17-7)18-12(14)9-5-11(19-6-9)20(13,15)16/h5-8,10H,3-4H2,1-2H3. The first-order chi connectivity index (χ1) is 9.25. The molecule has 0 spiro atoms. The monoisotopic (exact) mass is 338 g/mol. The lowest BCUT2D eigenvalue weighted by molar-refractivity contribution is -0.0855. The molecule has 20 heavy (non-hydrogen) atoms. The minimum Gasteiger partial charge on any atom is -0.459 e. The zero-order valence-corrected chi connectivity index (χ0v) is 13.4. The number of rotatable bonds is 3. The van der Waals surface area contributed by atoms with Crippen LogP contribution in [0.4, 0.5) is 0 Å². The molecule has 0 N–H and O–H groups in total. The fraction of sp³-hybridized carbons (Fsp3) is 0.583. The number of hydrogen-bond donors (Lipinski definition) is 0. The molecular weight excluding hydrogens is 324 g/mol. The average molecular weight is 339 g/mol. The summed E-state index contributed by atoms with van der Waals surface area (Å²) in [6, 6.07) is 1.24. The molecule has 2 heterocycles. The number of esters is 1. The molecule has 1 aromatic rings. The van der Waals surface area contributed by atoms with Gasteiger partial charge in [-0.3, -0.25) is 0 Å². The van der Waals surface area contributed by atoms with E-state index in [0.29, 0.717) is 12.8 Å². The van der Waals surface area contributed by atoms with Gasteiger partial charge in [0.15, 0.2) is 0 Å². The van der Waals surface area contributed by atoms with Crippen LogP contribution in [0.15, 0.2) is 15.7 Å². The second kappa shape index (κ2) is 6.01. The first kappa shape index (κ1) is 15.8. The van der Waals surface area contributed by atoms with Gasteiger partial charge in [-0.1, -0.05) is 0 Å². The quantitative estimate of drug-likeness (QED) is 0.626. The molecule has 2 rings (SSSR count). The summed E-state index contributed by atoms with van der Waals surface area (Å²) in [5, 5.41) is 1.43. The van der Waals surface area contributed by atoms with E-state index in [9.17, 15) is 13.2 Å². The Labute approximate surface area is 126 Å². The molecule has 5 nitrogen and oxygen atoms in total. The minimum atomic E-state index is -3.80. The Bertz CT molecular complexity index is 585. The lowest BCUT2D eigenvalue weighted by atomic mass is 10.0. The lowest BCUT2D eigenvalue weighted by Crippen LogP contribution is -2.35. The smallest absolute Gasteiger partial charge is 0.339 e. The lowest BCUT2D eigenvalue weighted by Gasteiger charge is -2.31. The van der Waals surface area contributed by atoms with Gasteiger partial charge in [0.2, 0.25) is 0 Å². The van der Waals surface area contributed by atoms with Gasteiger partial charge < -0.3 is 9.47 Å². The van der Waals surface area contributed by atoms with Gasteiger partial charge in [0.1, 0.15) is 10.3 Å². The van der Waals surface area contributed by atoms with Crippen molar-refractivity contribution in [3.05, 3.63) is 17.0 Å². The Balaban J connectivity index is 2.03. The van der Waals surface area contributed by atoms with Crippen LogP contribution in [0.5, 0.6) is 0 Å². The minimum absolute atomic E-state index is 0.0396. The van der Waals surface area contributed by atoms with Crippen molar-refractivity contribution in [1.82, 2.24) is 0 Å². The van der Waals surface area contributed by atoms with Gasteiger partial charge in [-0.15, -0.1) is 11.3 Å². The predicted octanol–water partition coefficient (Wildman–Crippen LogP) is 2.79. The third-order valence-electron chi connectivity index (χ3n) is 2.98. The first-order valence-electron chi connectivity index (χ1n) is 6.15. The summed E-state index contributed by atoms with van der Waals surface area (Å²) in [5.74, 6) is -0.529. The van der Waals surface area contributed by atoms with Gasteiger partial charge in [0.05, 0.1) is 17.8 Å².